The largest absolute Gasteiger partial charge is 0.303 e. The summed E-state index contributed by atoms with van der Waals surface area (Å²) in [5.41, 5.74) is 2.23. The lowest BCUT2D eigenvalue weighted by Crippen LogP contribution is -2.19. The van der Waals surface area contributed by atoms with E-state index < -0.39 is 0 Å². The fourth-order valence-corrected chi connectivity index (χ4v) is 2.09. The summed E-state index contributed by atoms with van der Waals surface area (Å²) in [7, 11) is 0. The second-order valence-electron chi connectivity index (χ2n) is 4.47. The highest BCUT2D eigenvalue weighted by molar-refractivity contribution is 5.81. The van der Waals surface area contributed by atoms with Crippen LogP contribution in [0, 0.1) is 0 Å². The van der Waals surface area contributed by atoms with Crippen LogP contribution >= 0.6 is 0 Å². The molecular formula is C14H15N5. The van der Waals surface area contributed by atoms with Crippen LogP contribution in [0.3, 0.4) is 0 Å². The van der Waals surface area contributed by atoms with E-state index in [1.807, 2.05) is 12.3 Å². The van der Waals surface area contributed by atoms with Crippen LogP contribution in [-0.4, -0.2) is 20.2 Å². The predicted molar refractivity (Wildman–Crippen MR) is 73.4 cm³/mol. The van der Waals surface area contributed by atoms with Gasteiger partial charge in [0, 0.05) is 18.1 Å². The van der Waals surface area contributed by atoms with E-state index in [0.29, 0.717) is 0 Å². The minimum atomic E-state index is 0.126. The molecule has 96 valence electrons. The molecule has 3 aromatic rings. The summed E-state index contributed by atoms with van der Waals surface area (Å²) in [5, 5.41) is 11.3. The zero-order chi connectivity index (χ0) is 13.1. The number of fused-ring (bicyclic) bond motifs is 1. The summed E-state index contributed by atoms with van der Waals surface area (Å²) >= 11 is 0. The normalized spacial score (nSPS) is 12.7. The number of benzene rings is 1. The summed E-state index contributed by atoms with van der Waals surface area (Å²) in [4.78, 5) is 8.59. The Hall–Kier alpha value is -2.27. The van der Waals surface area contributed by atoms with E-state index >= 15 is 0 Å². The monoisotopic (exact) mass is 253 g/mol. The van der Waals surface area contributed by atoms with E-state index in [9.17, 15) is 0 Å². The van der Waals surface area contributed by atoms with Crippen LogP contribution in [0.1, 0.15) is 24.4 Å². The lowest BCUT2D eigenvalue weighted by atomic mass is 10.1. The maximum atomic E-state index is 4.45. The van der Waals surface area contributed by atoms with Gasteiger partial charge in [-0.15, -0.1) is 0 Å². The van der Waals surface area contributed by atoms with Gasteiger partial charge in [-0.3, -0.25) is 10.1 Å². The molecule has 0 aliphatic rings. The number of nitrogens with zero attached hydrogens (tertiary/aromatic N) is 3. The summed E-state index contributed by atoms with van der Waals surface area (Å²) in [6.45, 7) is 2.80. The summed E-state index contributed by atoms with van der Waals surface area (Å²) < 4.78 is 0. The third kappa shape index (κ3) is 2.46. The fourth-order valence-electron chi connectivity index (χ4n) is 2.09. The van der Waals surface area contributed by atoms with E-state index in [1.54, 1.807) is 0 Å². The first-order valence-corrected chi connectivity index (χ1v) is 6.26. The van der Waals surface area contributed by atoms with Gasteiger partial charge in [0.1, 0.15) is 12.2 Å². The smallest absolute Gasteiger partial charge is 0.141 e. The number of hydrogen-bond donors (Lipinski definition) is 2. The molecule has 2 aromatic heterocycles. The first-order chi connectivity index (χ1) is 9.34. The quantitative estimate of drug-likeness (QED) is 0.748. The van der Waals surface area contributed by atoms with E-state index in [0.717, 1.165) is 23.3 Å². The van der Waals surface area contributed by atoms with Gasteiger partial charge >= 0.3 is 0 Å². The second kappa shape index (κ2) is 5.16. The van der Waals surface area contributed by atoms with Crippen molar-refractivity contribution in [3.8, 4) is 0 Å². The van der Waals surface area contributed by atoms with E-state index in [-0.39, 0.29) is 6.04 Å². The average Bonchev–Trinajstić information content (AvgIpc) is 2.99. The molecule has 19 heavy (non-hydrogen) atoms. The van der Waals surface area contributed by atoms with Crippen molar-refractivity contribution >= 4 is 10.9 Å². The van der Waals surface area contributed by atoms with Crippen LogP contribution in [0.4, 0.5) is 0 Å². The summed E-state index contributed by atoms with van der Waals surface area (Å²) in [6.07, 6.45) is 3.35. The molecule has 1 aromatic carbocycles. The molecule has 3 rings (SSSR count). The molecule has 0 saturated heterocycles. The molecule has 5 heteroatoms. The molecule has 0 amide bonds. The Morgan fingerprint density at radius 2 is 2.11 bits per heavy atom. The number of hydrogen-bond acceptors (Lipinski definition) is 4. The second-order valence-corrected chi connectivity index (χ2v) is 4.47. The van der Waals surface area contributed by atoms with Crippen LogP contribution in [0.15, 0.2) is 42.9 Å². The third-order valence-electron chi connectivity index (χ3n) is 3.16. The molecule has 5 nitrogen and oxygen atoms in total. The molecule has 0 spiro atoms. The Labute approximate surface area is 111 Å². The Bertz CT molecular complexity index is 657. The Kier molecular flexibility index (Phi) is 3.20. The minimum Gasteiger partial charge on any atom is -0.303 e. The molecular weight excluding hydrogens is 238 g/mol. The van der Waals surface area contributed by atoms with Crippen LogP contribution in [-0.2, 0) is 6.54 Å². The van der Waals surface area contributed by atoms with Gasteiger partial charge in [-0.2, -0.15) is 5.10 Å². The first-order valence-electron chi connectivity index (χ1n) is 6.26. The highest BCUT2D eigenvalue weighted by atomic mass is 15.2. The molecule has 0 aliphatic heterocycles. The number of nitrogens with one attached hydrogen (secondary N) is 2. The lowest BCUT2D eigenvalue weighted by molar-refractivity contribution is 0.549. The predicted octanol–water partition coefficient (Wildman–Crippen LogP) is 2.20. The summed E-state index contributed by atoms with van der Waals surface area (Å²) in [6, 6.07) is 10.4. The number of para-hydroxylation sites is 1. The van der Waals surface area contributed by atoms with Crippen LogP contribution in [0.5, 0.6) is 0 Å². The van der Waals surface area contributed by atoms with Gasteiger partial charge in [0.2, 0.25) is 0 Å². The van der Waals surface area contributed by atoms with Crippen molar-refractivity contribution in [2.75, 3.05) is 0 Å². The van der Waals surface area contributed by atoms with Gasteiger partial charge in [-0.1, -0.05) is 24.3 Å². The molecule has 2 heterocycles. The van der Waals surface area contributed by atoms with Crippen molar-refractivity contribution in [1.82, 2.24) is 25.5 Å². The zero-order valence-electron chi connectivity index (χ0n) is 10.7. The minimum absolute atomic E-state index is 0.126. The molecule has 1 atom stereocenters. The molecule has 2 N–H and O–H groups in total. The molecule has 0 saturated carbocycles. The fraction of sp³-hybridized carbons (Fsp3) is 0.214. The molecule has 1 unspecified atom stereocenters. The van der Waals surface area contributed by atoms with Crippen molar-refractivity contribution in [3.05, 3.63) is 54.2 Å². The maximum Gasteiger partial charge on any atom is 0.141 e. The van der Waals surface area contributed by atoms with Gasteiger partial charge in [-0.05, 0) is 18.6 Å². The summed E-state index contributed by atoms with van der Waals surface area (Å²) in [5.74, 6) is 0.841. The van der Waals surface area contributed by atoms with Gasteiger partial charge in [-0.25, -0.2) is 4.98 Å². The van der Waals surface area contributed by atoms with E-state index in [4.69, 9.17) is 0 Å². The topological polar surface area (TPSA) is 66.5 Å². The molecule has 0 bridgehead atoms. The zero-order valence-corrected chi connectivity index (χ0v) is 10.7. The highest BCUT2D eigenvalue weighted by Crippen LogP contribution is 2.16. The maximum absolute atomic E-state index is 4.45. The van der Waals surface area contributed by atoms with Crippen molar-refractivity contribution in [3.63, 3.8) is 0 Å². The Balaban J connectivity index is 1.79. The van der Waals surface area contributed by atoms with Crippen LogP contribution in [0.2, 0.25) is 0 Å². The number of rotatable bonds is 4. The number of pyridine rings is 1. The van der Waals surface area contributed by atoms with Crippen molar-refractivity contribution in [2.24, 2.45) is 0 Å². The third-order valence-corrected chi connectivity index (χ3v) is 3.16. The first kappa shape index (κ1) is 11.8. The standard InChI is InChI=1S/C14H15N5/c1-10(14-17-9-18-19-14)16-8-12-5-2-4-11-6-3-7-15-13(11)12/h2-7,9-10,16H,8H2,1H3,(H,17,18,19). The Morgan fingerprint density at radius 3 is 2.95 bits per heavy atom. The van der Waals surface area contributed by atoms with Crippen molar-refractivity contribution in [1.29, 1.82) is 0 Å². The molecule has 0 radical (unpaired) electrons. The van der Waals surface area contributed by atoms with Crippen molar-refractivity contribution in [2.45, 2.75) is 19.5 Å². The average molecular weight is 253 g/mol. The Morgan fingerprint density at radius 1 is 1.21 bits per heavy atom. The SMILES string of the molecule is CC(NCc1cccc2cccnc12)c1ncn[nH]1. The van der Waals surface area contributed by atoms with Gasteiger partial charge in [0.15, 0.2) is 0 Å². The van der Waals surface area contributed by atoms with Crippen LogP contribution < -0.4 is 5.32 Å². The lowest BCUT2D eigenvalue weighted by Gasteiger charge is -2.12. The van der Waals surface area contributed by atoms with E-state index in [1.165, 1.54) is 11.9 Å². The van der Waals surface area contributed by atoms with Crippen molar-refractivity contribution < 1.29 is 0 Å². The van der Waals surface area contributed by atoms with Gasteiger partial charge in [0.25, 0.3) is 0 Å². The number of aromatic amines is 1. The van der Waals surface area contributed by atoms with Gasteiger partial charge in [0.05, 0.1) is 11.6 Å². The number of aromatic nitrogens is 4. The number of H-pyrrole nitrogens is 1. The van der Waals surface area contributed by atoms with Crippen LogP contribution in [0.25, 0.3) is 10.9 Å². The molecule has 0 fully saturated rings. The van der Waals surface area contributed by atoms with Gasteiger partial charge < -0.3 is 5.32 Å². The van der Waals surface area contributed by atoms with E-state index in [2.05, 4.69) is 56.7 Å². The molecule has 0 aliphatic carbocycles. The highest BCUT2D eigenvalue weighted by Gasteiger charge is 2.08.